The van der Waals surface area contributed by atoms with Crippen molar-refractivity contribution in [1.82, 2.24) is 9.80 Å². The van der Waals surface area contributed by atoms with E-state index in [1.807, 2.05) is 31.2 Å². The van der Waals surface area contributed by atoms with Crippen molar-refractivity contribution in [3.05, 3.63) is 35.4 Å². The first-order valence-electron chi connectivity index (χ1n) is 9.34. The molecule has 0 aromatic heterocycles. The van der Waals surface area contributed by atoms with Crippen molar-refractivity contribution in [2.45, 2.75) is 57.9 Å². The van der Waals surface area contributed by atoms with Crippen LogP contribution in [0.5, 0.6) is 0 Å². The van der Waals surface area contributed by atoms with Gasteiger partial charge in [-0.25, -0.2) is 0 Å². The lowest BCUT2D eigenvalue weighted by Gasteiger charge is -2.38. The SMILES string of the molecule is Cc1ccccc1C(=O)N1CCCCC1CCN1CCCCC1.Cl. The molecule has 134 valence electrons. The summed E-state index contributed by atoms with van der Waals surface area (Å²) in [5.74, 6) is 0.242. The number of carbonyl (C=O) groups is 1. The van der Waals surface area contributed by atoms with E-state index < -0.39 is 0 Å². The molecule has 2 aliphatic rings. The van der Waals surface area contributed by atoms with Gasteiger partial charge in [0.15, 0.2) is 0 Å². The molecule has 0 N–H and O–H groups in total. The van der Waals surface area contributed by atoms with E-state index >= 15 is 0 Å². The number of rotatable bonds is 4. The Morgan fingerprint density at radius 2 is 1.75 bits per heavy atom. The molecular weight excluding hydrogens is 320 g/mol. The minimum absolute atomic E-state index is 0. The highest BCUT2D eigenvalue weighted by Gasteiger charge is 2.28. The molecule has 0 saturated carbocycles. The molecule has 0 radical (unpaired) electrons. The topological polar surface area (TPSA) is 23.6 Å². The van der Waals surface area contributed by atoms with Crippen LogP contribution in [-0.2, 0) is 0 Å². The fourth-order valence-electron chi connectivity index (χ4n) is 4.05. The molecule has 3 rings (SSSR count). The van der Waals surface area contributed by atoms with Gasteiger partial charge < -0.3 is 9.80 Å². The Balaban J connectivity index is 0.00000208. The number of benzene rings is 1. The smallest absolute Gasteiger partial charge is 0.254 e. The van der Waals surface area contributed by atoms with E-state index in [-0.39, 0.29) is 18.3 Å². The molecular formula is C20H31ClN2O. The maximum Gasteiger partial charge on any atom is 0.254 e. The zero-order chi connectivity index (χ0) is 16.1. The quantitative estimate of drug-likeness (QED) is 0.808. The molecule has 0 bridgehead atoms. The van der Waals surface area contributed by atoms with Crippen LogP contribution in [0.1, 0.15) is 60.9 Å². The zero-order valence-electron chi connectivity index (χ0n) is 14.9. The van der Waals surface area contributed by atoms with Crippen molar-refractivity contribution in [2.24, 2.45) is 0 Å². The molecule has 2 saturated heterocycles. The van der Waals surface area contributed by atoms with Crippen molar-refractivity contribution in [3.8, 4) is 0 Å². The van der Waals surface area contributed by atoms with Crippen LogP contribution in [0.15, 0.2) is 24.3 Å². The van der Waals surface area contributed by atoms with Crippen molar-refractivity contribution < 1.29 is 4.79 Å². The minimum Gasteiger partial charge on any atom is -0.336 e. The van der Waals surface area contributed by atoms with Gasteiger partial charge in [-0.15, -0.1) is 12.4 Å². The molecule has 4 heteroatoms. The van der Waals surface area contributed by atoms with Crippen molar-refractivity contribution in [1.29, 1.82) is 0 Å². The summed E-state index contributed by atoms with van der Waals surface area (Å²) >= 11 is 0. The van der Waals surface area contributed by atoms with Gasteiger partial charge in [-0.05, 0) is 70.2 Å². The van der Waals surface area contributed by atoms with Gasteiger partial charge in [0.2, 0.25) is 0 Å². The largest absolute Gasteiger partial charge is 0.336 e. The highest BCUT2D eigenvalue weighted by atomic mass is 35.5. The molecule has 1 aromatic carbocycles. The van der Waals surface area contributed by atoms with E-state index in [0.29, 0.717) is 6.04 Å². The van der Waals surface area contributed by atoms with Gasteiger partial charge >= 0.3 is 0 Å². The van der Waals surface area contributed by atoms with Crippen LogP contribution in [-0.4, -0.2) is 47.9 Å². The Labute approximate surface area is 152 Å². The summed E-state index contributed by atoms with van der Waals surface area (Å²) in [4.78, 5) is 17.7. The lowest BCUT2D eigenvalue weighted by Crippen LogP contribution is -2.45. The van der Waals surface area contributed by atoms with E-state index in [1.165, 1.54) is 45.2 Å². The fourth-order valence-corrected chi connectivity index (χ4v) is 4.05. The molecule has 1 amide bonds. The Bertz CT molecular complexity index is 528. The average molecular weight is 351 g/mol. The van der Waals surface area contributed by atoms with Gasteiger partial charge in [-0.3, -0.25) is 4.79 Å². The van der Waals surface area contributed by atoms with E-state index in [2.05, 4.69) is 9.80 Å². The molecule has 24 heavy (non-hydrogen) atoms. The summed E-state index contributed by atoms with van der Waals surface area (Å²) < 4.78 is 0. The normalized spacial score (nSPS) is 22.0. The minimum atomic E-state index is 0. The Morgan fingerprint density at radius 1 is 1.04 bits per heavy atom. The molecule has 2 heterocycles. The number of piperidine rings is 2. The lowest BCUT2D eigenvalue weighted by atomic mass is 9.96. The Hall–Kier alpha value is -1.06. The third kappa shape index (κ3) is 4.73. The molecule has 0 spiro atoms. The molecule has 0 aliphatic carbocycles. The third-order valence-corrected chi connectivity index (χ3v) is 5.49. The molecule has 2 fully saturated rings. The predicted octanol–water partition coefficient (Wildman–Crippen LogP) is 4.29. The average Bonchev–Trinajstić information content (AvgIpc) is 2.61. The van der Waals surface area contributed by atoms with Crippen LogP contribution < -0.4 is 0 Å². The summed E-state index contributed by atoms with van der Waals surface area (Å²) in [5, 5.41) is 0. The zero-order valence-corrected chi connectivity index (χ0v) is 15.7. The first-order chi connectivity index (χ1) is 11.3. The number of aryl methyl sites for hydroxylation is 1. The van der Waals surface area contributed by atoms with Gasteiger partial charge in [0, 0.05) is 24.7 Å². The predicted molar refractivity (Wildman–Crippen MR) is 102 cm³/mol. The van der Waals surface area contributed by atoms with Gasteiger partial charge in [0.1, 0.15) is 0 Å². The highest BCUT2D eigenvalue weighted by molar-refractivity contribution is 5.95. The number of halogens is 1. The van der Waals surface area contributed by atoms with Crippen LogP contribution in [0.4, 0.5) is 0 Å². The number of likely N-dealkylation sites (tertiary alicyclic amines) is 2. The van der Waals surface area contributed by atoms with Crippen molar-refractivity contribution in [2.75, 3.05) is 26.2 Å². The van der Waals surface area contributed by atoms with Crippen LogP contribution in [0, 0.1) is 6.92 Å². The Morgan fingerprint density at radius 3 is 2.50 bits per heavy atom. The summed E-state index contributed by atoms with van der Waals surface area (Å²) in [6.45, 7) is 6.62. The van der Waals surface area contributed by atoms with E-state index in [0.717, 1.165) is 37.1 Å². The second-order valence-electron chi connectivity index (χ2n) is 7.15. The summed E-state index contributed by atoms with van der Waals surface area (Å²) in [7, 11) is 0. The maximum absolute atomic E-state index is 13.0. The molecule has 1 aromatic rings. The lowest BCUT2D eigenvalue weighted by molar-refractivity contribution is 0.0578. The number of amides is 1. The van der Waals surface area contributed by atoms with E-state index in [4.69, 9.17) is 0 Å². The van der Waals surface area contributed by atoms with E-state index in [1.54, 1.807) is 0 Å². The van der Waals surface area contributed by atoms with Gasteiger partial charge in [0.05, 0.1) is 0 Å². The van der Waals surface area contributed by atoms with E-state index in [9.17, 15) is 4.79 Å². The number of nitrogens with zero attached hydrogens (tertiary/aromatic N) is 2. The summed E-state index contributed by atoms with van der Waals surface area (Å²) in [5.41, 5.74) is 1.98. The molecule has 1 atom stereocenters. The van der Waals surface area contributed by atoms with Gasteiger partial charge in [-0.1, -0.05) is 24.6 Å². The number of hydrogen-bond donors (Lipinski definition) is 0. The van der Waals surface area contributed by atoms with Gasteiger partial charge in [0.25, 0.3) is 5.91 Å². The van der Waals surface area contributed by atoms with Gasteiger partial charge in [-0.2, -0.15) is 0 Å². The second kappa shape index (κ2) is 9.43. The number of carbonyl (C=O) groups excluding carboxylic acids is 1. The first-order valence-corrected chi connectivity index (χ1v) is 9.34. The standard InChI is InChI=1S/C20H30N2O.ClH/c1-17-9-3-4-11-19(17)20(23)22-15-8-5-10-18(22)12-16-21-13-6-2-7-14-21;/h3-4,9,11,18H,2,5-8,10,12-16H2,1H3;1H. The maximum atomic E-state index is 13.0. The van der Waals surface area contributed by atoms with Crippen molar-refractivity contribution >= 4 is 18.3 Å². The monoisotopic (exact) mass is 350 g/mol. The fraction of sp³-hybridized carbons (Fsp3) is 0.650. The van der Waals surface area contributed by atoms with Crippen LogP contribution >= 0.6 is 12.4 Å². The van der Waals surface area contributed by atoms with Crippen molar-refractivity contribution in [3.63, 3.8) is 0 Å². The number of hydrogen-bond acceptors (Lipinski definition) is 2. The highest BCUT2D eigenvalue weighted by Crippen LogP contribution is 2.24. The van der Waals surface area contributed by atoms with Crippen LogP contribution in [0.2, 0.25) is 0 Å². The Kier molecular flexibility index (Phi) is 7.57. The second-order valence-corrected chi connectivity index (χ2v) is 7.15. The molecule has 1 unspecified atom stereocenters. The van der Waals surface area contributed by atoms with Crippen LogP contribution in [0.25, 0.3) is 0 Å². The molecule has 3 nitrogen and oxygen atoms in total. The molecule has 2 aliphatic heterocycles. The summed E-state index contributed by atoms with van der Waals surface area (Å²) in [6.07, 6.45) is 8.80. The first kappa shape index (κ1) is 19.3. The third-order valence-electron chi connectivity index (χ3n) is 5.49. The summed E-state index contributed by atoms with van der Waals surface area (Å²) in [6, 6.07) is 8.44. The van der Waals surface area contributed by atoms with Crippen LogP contribution in [0.3, 0.4) is 0 Å².